The van der Waals surface area contributed by atoms with Crippen LogP contribution in [0.5, 0.6) is 0 Å². The number of likely N-dealkylation sites (tertiary alicyclic amines) is 1. The van der Waals surface area contributed by atoms with Crippen molar-refractivity contribution < 1.29 is 23.9 Å². The quantitative estimate of drug-likeness (QED) is 0.749. The molecule has 1 rings (SSSR count). The summed E-state index contributed by atoms with van der Waals surface area (Å²) < 4.78 is 10.0. The molecule has 0 N–H and O–H groups in total. The Morgan fingerprint density at radius 2 is 1.91 bits per heavy atom. The predicted octanol–water partition coefficient (Wildman–Crippen LogP) is 2.75. The maximum absolute atomic E-state index is 12.4. The number of imide groups is 1. The average molecular weight is 313 g/mol. The molecule has 22 heavy (non-hydrogen) atoms. The number of hydrogen-bond acceptors (Lipinski definition) is 5. The Balaban J connectivity index is 2.96. The van der Waals surface area contributed by atoms with Gasteiger partial charge in [0.2, 0.25) is 5.91 Å². The van der Waals surface area contributed by atoms with Gasteiger partial charge in [0.25, 0.3) is 0 Å². The molecule has 1 heterocycles. The molecule has 2 atom stereocenters. The minimum atomic E-state index is -0.898. The van der Waals surface area contributed by atoms with Crippen molar-refractivity contribution in [3.8, 4) is 0 Å². The largest absolute Gasteiger partial charge is 0.467 e. The summed E-state index contributed by atoms with van der Waals surface area (Å²) in [4.78, 5) is 37.5. The lowest BCUT2D eigenvalue weighted by molar-refractivity contribution is -0.156. The Kier molecular flexibility index (Phi) is 5.97. The van der Waals surface area contributed by atoms with Gasteiger partial charge in [0.15, 0.2) is 0 Å². The highest BCUT2D eigenvalue weighted by atomic mass is 16.6. The fourth-order valence-electron chi connectivity index (χ4n) is 2.75. The summed E-state index contributed by atoms with van der Waals surface area (Å²) in [5, 5.41) is 0. The van der Waals surface area contributed by atoms with E-state index in [-0.39, 0.29) is 18.2 Å². The van der Waals surface area contributed by atoms with Crippen molar-refractivity contribution in [2.45, 2.75) is 65.5 Å². The van der Waals surface area contributed by atoms with Crippen LogP contribution in [0.4, 0.5) is 4.79 Å². The van der Waals surface area contributed by atoms with Crippen LogP contribution in [0.3, 0.4) is 0 Å². The molecule has 126 valence electrons. The SMILES string of the molecule is COC(=O)[C@H]1C[C@H](CC(C)C)CC(=O)N1C(=O)OC(C)(C)C. The number of nitrogens with zero attached hydrogens (tertiary/aromatic N) is 1. The summed E-state index contributed by atoms with van der Waals surface area (Å²) in [7, 11) is 1.26. The Morgan fingerprint density at radius 1 is 1.32 bits per heavy atom. The van der Waals surface area contributed by atoms with Crippen molar-refractivity contribution >= 4 is 18.0 Å². The Hall–Kier alpha value is -1.59. The molecule has 0 bridgehead atoms. The van der Waals surface area contributed by atoms with E-state index >= 15 is 0 Å². The summed E-state index contributed by atoms with van der Waals surface area (Å²) in [5.74, 6) is -0.450. The summed E-state index contributed by atoms with van der Waals surface area (Å²) in [6.45, 7) is 9.28. The van der Waals surface area contributed by atoms with E-state index < -0.39 is 23.7 Å². The Bertz CT molecular complexity index is 438. The first-order valence-electron chi connectivity index (χ1n) is 7.68. The predicted molar refractivity (Wildman–Crippen MR) is 81.1 cm³/mol. The highest BCUT2D eigenvalue weighted by molar-refractivity contribution is 5.98. The molecule has 6 nitrogen and oxygen atoms in total. The van der Waals surface area contributed by atoms with Crippen molar-refractivity contribution in [2.24, 2.45) is 11.8 Å². The molecule has 0 radical (unpaired) electrons. The molecule has 1 saturated heterocycles. The fourth-order valence-corrected chi connectivity index (χ4v) is 2.75. The third-order valence-corrected chi connectivity index (χ3v) is 3.47. The van der Waals surface area contributed by atoms with E-state index in [1.165, 1.54) is 7.11 Å². The maximum atomic E-state index is 12.4. The number of amides is 2. The third-order valence-electron chi connectivity index (χ3n) is 3.47. The number of ether oxygens (including phenoxy) is 2. The Morgan fingerprint density at radius 3 is 2.36 bits per heavy atom. The van der Waals surface area contributed by atoms with Gasteiger partial charge in [-0.05, 0) is 45.4 Å². The second kappa shape index (κ2) is 7.11. The molecule has 1 fully saturated rings. The molecule has 2 amide bonds. The van der Waals surface area contributed by atoms with Gasteiger partial charge >= 0.3 is 12.1 Å². The van der Waals surface area contributed by atoms with Crippen LogP contribution in [0.1, 0.15) is 53.9 Å². The fraction of sp³-hybridized carbons (Fsp3) is 0.812. The lowest BCUT2D eigenvalue weighted by atomic mass is 9.84. The van der Waals surface area contributed by atoms with Crippen molar-refractivity contribution in [3.63, 3.8) is 0 Å². The first-order chi connectivity index (χ1) is 10.0. The van der Waals surface area contributed by atoms with Crippen LogP contribution >= 0.6 is 0 Å². The summed E-state index contributed by atoms with van der Waals surface area (Å²) in [6, 6.07) is -0.898. The van der Waals surface area contributed by atoms with E-state index in [2.05, 4.69) is 13.8 Å². The van der Waals surface area contributed by atoms with Gasteiger partial charge in [0.05, 0.1) is 7.11 Å². The molecule has 1 aliphatic heterocycles. The van der Waals surface area contributed by atoms with Gasteiger partial charge in [-0.15, -0.1) is 0 Å². The van der Waals surface area contributed by atoms with E-state index in [0.717, 1.165) is 11.3 Å². The molecule has 0 aromatic heterocycles. The second-order valence-electron chi connectivity index (χ2n) is 7.22. The first-order valence-corrected chi connectivity index (χ1v) is 7.68. The number of piperidine rings is 1. The lowest BCUT2D eigenvalue weighted by Crippen LogP contribution is -2.54. The van der Waals surface area contributed by atoms with Gasteiger partial charge in [-0.1, -0.05) is 13.8 Å². The molecule has 6 heteroatoms. The standard InChI is InChI=1S/C16H27NO5/c1-10(2)7-11-8-12(14(19)21-6)17(13(18)9-11)15(20)22-16(3,4)5/h10-12H,7-9H2,1-6H3/t11-,12+/m0/s1. The molecule has 0 aromatic rings. The van der Waals surface area contributed by atoms with Gasteiger partial charge in [-0.3, -0.25) is 4.79 Å². The van der Waals surface area contributed by atoms with Gasteiger partial charge in [0, 0.05) is 6.42 Å². The number of esters is 1. The summed E-state index contributed by atoms with van der Waals surface area (Å²) >= 11 is 0. The monoisotopic (exact) mass is 313 g/mol. The molecule has 1 aliphatic rings. The molecular formula is C16H27NO5. The van der Waals surface area contributed by atoms with E-state index in [1.807, 2.05) is 0 Å². The second-order valence-corrected chi connectivity index (χ2v) is 7.22. The molecule has 0 aromatic carbocycles. The number of hydrogen-bond donors (Lipinski definition) is 0. The number of carbonyl (C=O) groups excluding carboxylic acids is 3. The minimum Gasteiger partial charge on any atom is -0.467 e. The van der Waals surface area contributed by atoms with E-state index in [4.69, 9.17) is 9.47 Å². The first kappa shape index (κ1) is 18.5. The maximum Gasteiger partial charge on any atom is 0.417 e. The smallest absolute Gasteiger partial charge is 0.417 e. The van der Waals surface area contributed by atoms with Crippen molar-refractivity contribution in [1.82, 2.24) is 4.90 Å². The van der Waals surface area contributed by atoms with Crippen LogP contribution in [0.25, 0.3) is 0 Å². The van der Waals surface area contributed by atoms with Crippen molar-refractivity contribution in [1.29, 1.82) is 0 Å². The van der Waals surface area contributed by atoms with Gasteiger partial charge in [0.1, 0.15) is 11.6 Å². The highest BCUT2D eigenvalue weighted by Gasteiger charge is 2.43. The Labute approximate surface area is 132 Å². The van der Waals surface area contributed by atoms with Crippen molar-refractivity contribution in [2.75, 3.05) is 7.11 Å². The molecule has 0 spiro atoms. The molecule has 0 saturated carbocycles. The average Bonchev–Trinajstić information content (AvgIpc) is 2.33. The summed E-state index contributed by atoms with van der Waals surface area (Å²) in [5.41, 5.74) is -0.729. The normalized spacial score (nSPS) is 22.7. The zero-order valence-electron chi connectivity index (χ0n) is 14.3. The van der Waals surface area contributed by atoms with E-state index in [9.17, 15) is 14.4 Å². The highest BCUT2D eigenvalue weighted by Crippen LogP contribution is 2.30. The van der Waals surface area contributed by atoms with Crippen molar-refractivity contribution in [3.05, 3.63) is 0 Å². The number of carbonyl (C=O) groups is 3. The lowest BCUT2D eigenvalue weighted by Gasteiger charge is -2.37. The van der Waals surface area contributed by atoms with Crippen LogP contribution in [0.15, 0.2) is 0 Å². The van der Waals surface area contributed by atoms with Gasteiger partial charge in [-0.2, -0.15) is 0 Å². The van der Waals surface area contributed by atoms with Crippen LogP contribution in [-0.2, 0) is 19.1 Å². The van der Waals surface area contributed by atoms with Crippen LogP contribution in [-0.4, -0.2) is 41.6 Å². The van der Waals surface area contributed by atoms with Crippen LogP contribution in [0.2, 0.25) is 0 Å². The number of methoxy groups -OCH3 is 1. The summed E-state index contributed by atoms with van der Waals surface area (Å²) in [6.07, 6.45) is 0.734. The van der Waals surface area contributed by atoms with E-state index in [0.29, 0.717) is 12.3 Å². The number of rotatable bonds is 3. The topological polar surface area (TPSA) is 72.9 Å². The molecule has 0 unspecified atom stereocenters. The third kappa shape index (κ3) is 5.00. The molecule has 0 aliphatic carbocycles. The van der Waals surface area contributed by atoms with Crippen LogP contribution in [0, 0.1) is 11.8 Å². The minimum absolute atomic E-state index is 0.0790. The zero-order chi connectivity index (χ0) is 17.1. The van der Waals surface area contributed by atoms with Crippen LogP contribution < -0.4 is 0 Å². The zero-order valence-corrected chi connectivity index (χ0v) is 14.3. The molecular weight excluding hydrogens is 286 g/mol. The van der Waals surface area contributed by atoms with Gasteiger partial charge < -0.3 is 9.47 Å². The van der Waals surface area contributed by atoms with E-state index in [1.54, 1.807) is 20.8 Å². The van der Waals surface area contributed by atoms with Gasteiger partial charge in [-0.25, -0.2) is 14.5 Å².